The summed E-state index contributed by atoms with van der Waals surface area (Å²) in [6, 6.07) is 10.1. The van der Waals surface area contributed by atoms with E-state index in [0.717, 1.165) is 18.6 Å². The van der Waals surface area contributed by atoms with Gasteiger partial charge in [-0.25, -0.2) is 0 Å². The molecule has 2 heteroatoms. The summed E-state index contributed by atoms with van der Waals surface area (Å²) in [6.07, 6.45) is 8.91. The summed E-state index contributed by atoms with van der Waals surface area (Å²) in [5, 5.41) is 0. The third-order valence-corrected chi connectivity index (χ3v) is 3.30. The van der Waals surface area contributed by atoms with Crippen LogP contribution in [-0.4, -0.2) is 13.7 Å². The van der Waals surface area contributed by atoms with E-state index in [1.54, 1.807) is 7.11 Å². The predicted octanol–water partition coefficient (Wildman–Crippen LogP) is 5.10. The van der Waals surface area contributed by atoms with Gasteiger partial charge in [0.05, 0.1) is 6.61 Å². The van der Waals surface area contributed by atoms with Gasteiger partial charge in [0.2, 0.25) is 0 Å². The highest BCUT2D eigenvalue weighted by atomic mass is 16.7. The lowest BCUT2D eigenvalue weighted by atomic mass is 10.1. The maximum absolute atomic E-state index is 5.78. The average molecular weight is 264 g/mol. The second-order valence-electron chi connectivity index (χ2n) is 4.97. The summed E-state index contributed by atoms with van der Waals surface area (Å²) in [7, 11) is 1.70. The molecule has 0 bridgehead atoms. The van der Waals surface area contributed by atoms with Crippen molar-refractivity contribution in [3.05, 3.63) is 35.9 Å². The van der Waals surface area contributed by atoms with E-state index in [1.165, 1.54) is 38.5 Å². The molecule has 0 saturated carbocycles. The number of unbranched alkanes of at least 4 members (excludes halogenated alkanes) is 6. The summed E-state index contributed by atoms with van der Waals surface area (Å²) >= 11 is 0. The van der Waals surface area contributed by atoms with Crippen molar-refractivity contribution in [3.63, 3.8) is 0 Å². The first-order chi connectivity index (χ1) is 9.38. The van der Waals surface area contributed by atoms with Crippen LogP contribution in [0.15, 0.2) is 30.3 Å². The van der Waals surface area contributed by atoms with Gasteiger partial charge >= 0.3 is 0 Å². The van der Waals surface area contributed by atoms with Crippen LogP contribution in [0, 0.1) is 0 Å². The topological polar surface area (TPSA) is 18.5 Å². The van der Waals surface area contributed by atoms with Gasteiger partial charge < -0.3 is 9.47 Å². The predicted molar refractivity (Wildman–Crippen MR) is 80.1 cm³/mol. The first-order valence-corrected chi connectivity index (χ1v) is 7.57. The van der Waals surface area contributed by atoms with Gasteiger partial charge in [0.15, 0.2) is 6.29 Å². The minimum atomic E-state index is -0.221. The number of methoxy groups -OCH3 is 1. The highest BCUT2D eigenvalue weighted by Gasteiger charge is 2.09. The Hall–Kier alpha value is -0.860. The fraction of sp³-hybridized carbons (Fsp3) is 0.647. The monoisotopic (exact) mass is 264 g/mol. The number of ether oxygens (including phenoxy) is 2. The van der Waals surface area contributed by atoms with Crippen molar-refractivity contribution in [1.29, 1.82) is 0 Å². The molecule has 0 aliphatic rings. The summed E-state index contributed by atoms with van der Waals surface area (Å²) < 4.78 is 11.2. The number of benzene rings is 1. The normalized spacial score (nSPS) is 12.5. The Labute approximate surface area is 118 Å². The largest absolute Gasteiger partial charge is 0.352 e. The summed E-state index contributed by atoms with van der Waals surface area (Å²) in [6.45, 7) is 3.03. The molecular formula is C17H28O2. The van der Waals surface area contributed by atoms with E-state index >= 15 is 0 Å². The van der Waals surface area contributed by atoms with Crippen LogP contribution in [0.5, 0.6) is 0 Å². The van der Waals surface area contributed by atoms with Crippen LogP contribution in [0.3, 0.4) is 0 Å². The standard InChI is InChI=1S/C17H28O2/c1-3-4-5-6-7-8-12-15-19-17(18-2)16-13-10-9-11-14-16/h9-11,13-14,17H,3-8,12,15H2,1-2H3. The van der Waals surface area contributed by atoms with E-state index < -0.39 is 0 Å². The summed E-state index contributed by atoms with van der Waals surface area (Å²) in [5.41, 5.74) is 1.09. The van der Waals surface area contributed by atoms with Gasteiger partial charge in [-0.05, 0) is 6.42 Å². The van der Waals surface area contributed by atoms with Crippen LogP contribution in [0.4, 0.5) is 0 Å². The van der Waals surface area contributed by atoms with Gasteiger partial charge in [-0.2, -0.15) is 0 Å². The molecule has 1 unspecified atom stereocenters. The second-order valence-corrected chi connectivity index (χ2v) is 4.97. The Bertz CT molecular complexity index is 297. The molecule has 19 heavy (non-hydrogen) atoms. The molecule has 0 heterocycles. The smallest absolute Gasteiger partial charge is 0.183 e. The zero-order valence-electron chi connectivity index (χ0n) is 12.4. The van der Waals surface area contributed by atoms with E-state index in [1.807, 2.05) is 30.3 Å². The number of rotatable bonds is 11. The van der Waals surface area contributed by atoms with Crippen molar-refractivity contribution in [2.24, 2.45) is 0 Å². The van der Waals surface area contributed by atoms with Gasteiger partial charge in [0, 0.05) is 12.7 Å². The van der Waals surface area contributed by atoms with Gasteiger partial charge in [-0.1, -0.05) is 75.8 Å². The van der Waals surface area contributed by atoms with Crippen LogP contribution in [0.1, 0.15) is 63.7 Å². The maximum atomic E-state index is 5.78. The molecule has 0 amide bonds. The minimum absolute atomic E-state index is 0.221. The molecule has 0 N–H and O–H groups in total. The Morgan fingerprint density at radius 1 is 0.895 bits per heavy atom. The highest BCUT2D eigenvalue weighted by molar-refractivity contribution is 5.15. The van der Waals surface area contributed by atoms with E-state index in [2.05, 4.69) is 6.92 Å². The van der Waals surface area contributed by atoms with Gasteiger partial charge in [-0.3, -0.25) is 0 Å². The SMILES string of the molecule is CCCCCCCCCOC(OC)c1ccccc1. The van der Waals surface area contributed by atoms with Crippen LogP contribution < -0.4 is 0 Å². The van der Waals surface area contributed by atoms with E-state index in [-0.39, 0.29) is 6.29 Å². The molecule has 1 atom stereocenters. The Kier molecular flexibility index (Phi) is 9.38. The fourth-order valence-corrected chi connectivity index (χ4v) is 2.16. The lowest BCUT2D eigenvalue weighted by molar-refractivity contribution is -0.128. The number of hydrogen-bond donors (Lipinski definition) is 0. The highest BCUT2D eigenvalue weighted by Crippen LogP contribution is 2.18. The number of hydrogen-bond acceptors (Lipinski definition) is 2. The molecule has 1 aromatic rings. The molecule has 0 saturated heterocycles. The molecule has 0 spiro atoms. The van der Waals surface area contributed by atoms with Crippen LogP contribution >= 0.6 is 0 Å². The zero-order valence-corrected chi connectivity index (χ0v) is 12.4. The minimum Gasteiger partial charge on any atom is -0.352 e. The molecule has 0 aliphatic heterocycles. The van der Waals surface area contributed by atoms with Gasteiger partial charge in [0.25, 0.3) is 0 Å². The Morgan fingerprint density at radius 2 is 1.53 bits per heavy atom. The maximum Gasteiger partial charge on any atom is 0.183 e. The average Bonchev–Trinajstić information content (AvgIpc) is 2.47. The third-order valence-electron chi connectivity index (χ3n) is 3.30. The fourth-order valence-electron chi connectivity index (χ4n) is 2.16. The quantitative estimate of drug-likeness (QED) is 0.409. The van der Waals surface area contributed by atoms with Gasteiger partial charge in [0.1, 0.15) is 0 Å². The van der Waals surface area contributed by atoms with Crippen LogP contribution in [0.2, 0.25) is 0 Å². The lowest BCUT2D eigenvalue weighted by Gasteiger charge is -2.16. The molecule has 2 nitrogen and oxygen atoms in total. The van der Waals surface area contributed by atoms with E-state index in [0.29, 0.717) is 0 Å². The van der Waals surface area contributed by atoms with Crippen LogP contribution in [0.25, 0.3) is 0 Å². The first-order valence-electron chi connectivity index (χ1n) is 7.57. The Balaban J connectivity index is 2.07. The molecule has 1 rings (SSSR count). The van der Waals surface area contributed by atoms with Crippen molar-refractivity contribution < 1.29 is 9.47 Å². The Morgan fingerprint density at radius 3 is 2.16 bits per heavy atom. The first kappa shape index (κ1) is 16.2. The molecule has 0 fully saturated rings. The third kappa shape index (κ3) is 7.34. The van der Waals surface area contributed by atoms with Crippen molar-refractivity contribution >= 4 is 0 Å². The molecule has 1 aromatic carbocycles. The second kappa shape index (κ2) is 11.0. The molecule has 108 valence electrons. The zero-order chi connectivity index (χ0) is 13.8. The molecule has 0 aromatic heterocycles. The van der Waals surface area contributed by atoms with Crippen LogP contribution in [-0.2, 0) is 9.47 Å². The van der Waals surface area contributed by atoms with E-state index in [9.17, 15) is 0 Å². The van der Waals surface area contributed by atoms with Crippen molar-refractivity contribution in [3.8, 4) is 0 Å². The van der Waals surface area contributed by atoms with Crippen molar-refractivity contribution in [1.82, 2.24) is 0 Å². The van der Waals surface area contributed by atoms with E-state index in [4.69, 9.17) is 9.47 Å². The summed E-state index contributed by atoms with van der Waals surface area (Å²) in [5.74, 6) is 0. The van der Waals surface area contributed by atoms with Crippen molar-refractivity contribution in [2.75, 3.05) is 13.7 Å². The molecule has 0 radical (unpaired) electrons. The van der Waals surface area contributed by atoms with Crippen molar-refractivity contribution in [2.45, 2.75) is 58.2 Å². The molecule has 0 aliphatic carbocycles. The lowest BCUT2D eigenvalue weighted by Crippen LogP contribution is -2.07. The van der Waals surface area contributed by atoms with Gasteiger partial charge in [-0.15, -0.1) is 0 Å². The summed E-state index contributed by atoms with van der Waals surface area (Å²) in [4.78, 5) is 0. The molecular weight excluding hydrogens is 236 g/mol.